The van der Waals surface area contributed by atoms with Gasteiger partial charge in [0, 0.05) is 46.9 Å². The van der Waals surface area contributed by atoms with Gasteiger partial charge >= 0.3 is 5.97 Å². The van der Waals surface area contributed by atoms with E-state index in [4.69, 9.17) is 16.7 Å². The van der Waals surface area contributed by atoms with Crippen LogP contribution in [0.1, 0.15) is 36.1 Å². The van der Waals surface area contributed by atoms with Crippen molar-refractivity contribution in [1.29, 1.82) is 0 Å². The fourth-order valence-corrected chi connectivity index (χ4v) is 4.00. The number of hydrogen-bond donors (Lipinski definition) is 4. The second-order valence-corrected chi connectivity index (χ2v) is 8.00. The molecule has 1 aliphatic heterocycles. The number of rotatable bonds is 7. The average Bonchev–Trinajstić information content (AvgIpc) is 3.43. The summed E-state index contributed by atoms with van der Waals surface area (Å²) in [6.45, 7) is 0. The summed E-state index contributed by atoms with van der Waals surface area (Å²) >= 11 is 6.44. The van der Waals surface area contributed by atoms with Gasteiger partial charge in [0.1, 0.15) is 0 Å². The normalized spacial score (nSPS) is 16.2. The number of amides is 1. The Hall–Kier alpha value is -3.65. The van der Waals surface area contributed by atoms with Gasteiger partial charge in [0.05, 0.1) is 11.8 Å². The van der Waals surface area contributed by atoms with Crippen molar-refractivity contribution < 1.29 is 14.7 Å². The molecule has 0 radical (unpaired) electrons. The number of aliphatic carboxylic acids is 1. The Morgan fingerprint density at radius 2 is 2.09 bits per heavy atom. The summed E-state index contributed by atoms with van der Waals surface area (Å²) in [5, 5.41) is 18.9. The maximum atomic E-state index is 12.8. The van der Waals surface area contributed by atoms with Crippen molar-refractivity contribution >= 4 is 29.1 Å². The lowest BCUT2D eigenvalue weighted by molar-refractivity contribution is -0.137. The Balaban J connectivity index is 1.73. The minimum absolute atomic E-state index is 0.0152. The van der Waals surface area contributed by atoms with Gasteiger partial charge in [-0.3, -0.25) is 19.5 Å². The Kier molecular flexibility index (Phi) is 6.23. The molecule has 1 aromatic carbocycles. The molecule has 0 unspecified atom stereocenters. The molecule has 4 rings (SSSR count). The minimum Gasteiger partial charge on any atom is -0.481 e. The van der Waals surface area contributed by atoms with E-state index in [1.165, 1.54) is 0 Å². The summed E-state index contributed by atoms with van der Waals surface area (Å²) in [6, 6.07) is 8.75. The molecule has 164 valence electrons. The molecular weight excluding hydrogens is 432 g/mol. The topological polar surface area (TPSA) is 128 Å². The van der Waals surface area contributed by atoms with Crippen LogP contribution in [0, 0.1) is 0 Å². The monoisotopic (exact) mass is 452 g/mol. The molecule has 0 saturated carbocycles. The quantitative estimate of drug-likeness (QED) is 0.438. The van der Waals surface area contributed by atoms with Crippen LogP contribution in [0.2, 0.25) is 5.02 Å². The largest absolute Gasteiger partial charge is 0.481 e. The predicted octanol–water partition coefficient (Wildman–Crippen LogP) is 3.15. The van der Waals surface area contributed by atoms with Crippen LogP contribution in [0.15, 0.2) is 53.6 Å². The number of H-pyrrole nitrogens is 2. The van der Waals surface area contributed by atoms with E-state index in [0.29, 0.717) is 41.1 Å². The Bertz CT molecular complexity index is 1250. The average molecular weight is 453 g/mol. The van der Waals surface area contributed by atoms with Crippen molar-refractivity contribution in [2.24, 2.45) is 0 Å². The Morgan fingerprint density at radius 1 is 1.25 bits per heavy atom. The fraction of sp³-hybridized carbons (Fsp3) is 0.217. The third-order valence-electron chi connectivity index (χ3n) is 5.38. The lowest BCUT2D eigenvalue weighted by Crippen LogP contribution is -2.23. The van der Waals surface area contributed by atoms with Gasteiger partial charge in [0.2, 0.25) is 5.91 Å². The van der Waals surface area contributed by atoms with Gasteiger partial charge < -0.3 is 15.4 Å². The van der Waals surface area contributed by atoms with Crippen LogP contribution in [0.4, 0.5) is 0 Å². The maximum absolute atomic E-state index is 12.8. The maximum Gasteiger partial charge on any atom is 0.303 e. The molecule has 0 aliphatic carbocycles. The molecule has 1 fully saturated rings. The molecule has 0 bridgehead atoms. The molecule has 4 N–H and O–H groups in total. The first-order valence-electron chi connectivity index (χ1n) is 10.2. The van der Waals surface area contributed by atoms with Crippen LogP contribution in [0.3, 0.4) is 0 Å². The number of aromatic nitrogens is 3. The van der Waals surface area contributed by atoms with E-state index in [0.717, 1.165) is 16.7 Å². The van der Waals surface area contributed by atoms with Gasteiger partial charge in [0.25, 0.3) is 5.56 Å². The van der Waals surface area contributed by atoms with Crippen LogP contribution in [-0.4, -0.2) is 38.2 Å². The van der Waals surface area contributed by atoms with Crippen LogP contribution in [-0.2, 0) is 16.0 Å². The van der Waals surface area contributed by atoms with Crippen molar-refractivity contribution in [3.05, 3.63) is 81.0 Å². The number of nitrogens with one attached hydrogen (secondary N) is 3. The SMILES string of the molecule is O=C(O)CCc1ccc(/C(=C\[C@H]2CCC(=O)N2)c2ccc(-c3cn[nH]c3)c(=O)[nH]2)cc1Cl. The third kappa shape index (κ3) is 4.81. The van der Waals surface area contributed by atoms with E-state index in [2.05, 4.69) is 20.5 Å². The first-order valence-corrected chi connectivity index (χ1v) is 10.5. The lowest BCUT2D eigenvalue weighted by atomic mass is 9.96. The molecule has 0 spiro atoms. The van der Waals surface area contributed by atoms with Gasteiger partial charge in [-0.05, 0) is 42.2 Å². The highest BCUT2D eigenvalue weighted by Gasteiger charge is 2.21. The number of carbonyl (C=O) groups excluding carboxylic acids is 1. The van der Waals surface area contributed by atoms with Crippen LogP contribution in [0.5, 0.6) is 0 Å². The number of carboxylic acid groups (broad SMARTS) is 1. The van der Waals surface area contributed by atoms with E-state index in [1.54, 1.807) is 36.7 Å². The molecule has 2 aromatic heterocycles. The van der Waals surface area contributed by atoms with Gasteiger partial charge in [-0.1, -0.05) is 29.8 Å². The van der Waals surface area contributed by atoms with E-state index in [9.17, 15) is 14.4 Å². The van der Waals surface area contributed by atoms with Gasteiger partial charge in [-0.2, -0.15) is 5.10 Å². The molecule has 3 heterocycles. The molecular formula is C23H21ClN4O4. The summed E-state index contributed by atoms with van der Waals surface area (Å²) in [4.78, 5) is 38.3. The zero-order valence-corrected chi connectivity index (χ0v) is 17.8. The van der Waals surface area contributed by atoms with Crippen LogP contribution < -0.4 is 10.9 Å². The smallest absolute Gasteiger partial charge is 0.303 e. The summed E-state index contributed by atoms with van der Waals surface area (Å²) in [5.41, 5.74) is 3.68. The van der Waals surface area contributed by atoms with Crippen LogP contribution >= 0.6 is 11.6 Å². The molecule has 9 heteroatoms. The van der Waals surface area contributed by atoms with Gasteiger partial charge in [0.15, 0.2) is 0 Å². The highest BCUT2D eigenvalue weighted by atomic mass is 35.5. The zero-order chi connectivity index (χ0) is 22.7. The number of aryl methyl sites for hydroxylation is 1. The van der Waals surface area contributed by atoms with Gasteiger partial charge in [-0.15, -0.1) is 0 Å². The fourth-order valence-electron chi connectivity index (χ4n) is 3.72. The minimum atomic E-state index is -0.891. The molecule has 1 aliphatic rings. The van der Waals surface area contributed by atoms with E-state index in [-0.39, 0.29) is 23.9 Å². The number of halogens is 1. The zero-order valence-electron chi connectivity index (χ0n) is 17.0. The van der Waals surface area contributed by atoms with E-state index >= 15 is 0 Å². The summed E-state index contributed by atoms with van der Waals surface area (Å²) in [7, 11) is 0. The second-order valence-electron chi connectivity index (χ2n) is 7.59. The third-order valence-corrected chi connectivity index (χ3v) is 5.73. The molecule has 1 amide bonds. The lowest BCUT2D eigenvalue weighted by Gasteiger charge is -2.14. The number of nitrogens with zero attached hydrogens (tertiary/aromatic N) is 1. The first-order chi connectivity index (χ1) is 15.4. The number of aromatic amines is 2. The highest BCUT2D eigenvalue weighted by molar-refractivity contribution is 6.31. The second kappa shape index (κ2) is 9.23. The molecule has 8 nitrogen and oxygen atoms in total. The van der Waals surface area contributed by atoms with E-state index < -0.39 is 5.97 Å². The number of hydrogen-bond acceptors (Lipinski definition) is 4. The number of carbonyl (C=O) groups is 2. The van der Waals surface area contributed by atoms with Crippen molar-refractivity contribution in [3.8, 4) is 11.1 Å². The molecule has 1 saturated heterocycles. The summed E-state index contributed by atoms with van der Waals surface area (Å²) in [5.74, 6) is -0.908. The van der Waals surface area contributed by atoms with Gasteiger partial charge in [-0.25, -0.2) is 0 Å². The number of pyridine rings is 1. The van der Waals surface area contributed by atoms with Crippen molar-refractivity contribution in [1.82, 2.24) is 20.5 Å². The van der Waals surface area contributed by atoms with Crippen LogP contribution in [0.25, 0.3) is 16.7 Å². The Labute approximate surface area is 188 Å². The Morgan fingerprint density at radius 3 is 2.72 bits per heavy atom. The van der Waals surface area contributed by atoms with Crippen molar-refractivity contribution in [2.45, 2.75) is 31.7 Å². The van der Waals surface area contributed by atoms with E-state index in [1.807, 2.05) is 12.1 Å². The van der Waals surface area contributed by atoms with Crippen molar-refractivity contribution in [3.63, 3.8) is 0 Å². The first kappa shape index (κ1) is 21.6. The number of carboxylic acids is 1. The highest BCUT2D eigenvalue weighted by Crippen LogP contribution is 2.29. The number of benzene rings is 1. The molecule has 1 atom stereocenters. The van der Waals surface area contributed by atoms with Crippen molar-refractivity contribution in [2.75, 3.05) is 0 Å². The summed E-state index contributed by atoms with van der Waals surface area (Å²) < 4.78 is 0. The molecule has 32 heavy (non-hydrogen) atoms. The standard InChI is InChI=1S/C23H21ClN4O4/c24-19-9-14(2-1-13(19)3-8-22(30)31)18(10-16-4-7-21(29)27-16)20-6-5-17(23(32)28-20)15-11-25-26-12-15/h1-2,5-6,9-12,16H,3-4,7-8H2,(H,25,26)(H,27,29)(H,28,32)(H,30,31)/b18-10+/t16-/m1/s1. The predicted molar refractivity (Wildman–Crippen MR) is 120 cm³/mol. The summed E-state index contributed by atoms with van der Waals surface area (Å²) in [6.07, 6.45) is 6.54. The molecule has 3 aromatic rings.